The van der Waals surface area contributed by atoms with Gasteiger partial charge in [0.2, 0.25) is 0 Å². The van der Waals surface area contributed by atoms with E-state index in [-0.39, 0.29) is 0 Å². The average Bonchev–Trinajstić information content (AvgIpc) is 2.45. The lowest BCUT2D eigenvalue weighted by molar-refractivity contribution is 0.0831. The Labute approximate surface area is 104 Å². The summed E-state index contributed by atoms with van der Waals surface area (Å²) >= 11 is 0. The zero-order chi connectivity index (χ0) is 13.0. The van der Waals surface area contributed by atoms with Crippen molar-refractivity contribution < 1.29 is 15.3 Å². The van der Waals surface area contributed by atoms with Crippen molar-refractivity contribution in [1.29, 1.82) is 0 Å². The van der Waals surface area contributed by atoms with Gasteiger partial charge in [0.15, 0.2) is 0 Å². The van der Waals surface area contributed by atoms with Crippen LogP contribution in [-0.2, 0) is 0 Å². The standard InChI is InChI=1S/C12H15N3O3/c16-6-12(7-17,8-18)15-11-5-13-9-3-1-2-4-10(9)14-11/h1-5,16-18H,6-8H2,(H,14,15). The van der Waals surface area contributed by atoms with Gasteiger partial charge in [-0.1, -0.05) is 12.1 Å². The maximum atomic E-state index is 9.22. The predicted molar refractivity (Wildman–Crippen MR) is 67.1 cm³/mol. The zero-order valence-corrected chi connectivity index (χ0v) is 9.74. The molecule has 2 aromatic rings. The molecule has 0 aliphatic rings. The second-order valence-electron chi connectivity index (χ2n) is 4.12. The van der Waals surface area contributed by atoms with Crippen molar-refractivity contribution in [1.82, 2.24) is 9.97 Å². The topological polar surface area (TPSA) is 98.5 Å². The minimum absolute atomic E-state index is 0.394. The smallest absolute Gasteiger partial charge is 0.145 e. The first-order valence-electron chi connectivity index (χ1n) is 5.55. The average molecular weight is 249 g/mol. The number of anilines is 1. The molecule has 2 rings (SSSR count). The number of para-hydroxylation sites is 2. The number of benzene rings is 1. The van der Waals surface area contributed by atoms with E-state index in [2.05, 4.69) is 15.3 Å². The Morgan fingerprint density at radius 1 is 1.00 bits per heavy atom. The number of nitrogens with one attached hydrogen (secondary N) is 1. The van der Waals surface area contributed by atoms with Crippen LogP contribution in [-0.4, -0.2) is 50.6 Å². The summed E-state index contributed by atoms with van der Waals surface area (Å²) in [6, 6.07) is 7.36. The van der Waals surface area contributed by atoms with E-state index in [1.54, 1.807) is 0 Å². The largest absolute Gasteiger partial charge is 0.394 e. The van der Waals surface area contributed by atoms with E-state index >= 15 is 0 Å². The Balaban J connectivity index is 2.31. The van der Waals surface area contributed by atoms with Gasteiger partial charge in [-0.25, -0.2) is 4.98 Å². The van der Waals surface area contributed by atoms with Crippen LogP contribution in [0.2, 0.25) is 0 Å². The van der Waals surface area contributed by atoms with Crippen molar-refractivity contribution in [2.45, 2.75) is 5.54 Å². The van der Waals surface area contributed by atoms with Crippen LogP contribution < -0.4 is 5.32 Å². The quantitative estimate of drug-likeness (QED) is 0.583. The van der Waals surface area contributed by atoms with E-state index < -0.39 is 25.4 Å². The van der Waals surface area contributed by atoms with Crippen LogP contribution in [0.1, 0.15) is 0 Å². The van der Waals surface area contributed by atoms with Gasteiger partial charge in [-0.3, -0.25) is 4.98 Å². The lowest BCUT2D eigenvalue weighted by Crippen LogP contribution is -2.49. The molecule has 0 atom stereocenters. The fraction of sp³-hybridized carbons (Fsp3) is 0.333. The Kier molecular flexibility index (Phi) is 3.71. The molecule has 18 heavy (non-hydrogen) atoms. The summed E-state index contributed by atoms with van der Waals surface area (Å²) < 4.78 is 0. The van der Waals surface area contributed by atoms with Crippen LogP contribution in [0, 0.1) is 0 Å². The van der Waals surface area contributed by atoms with Gasteiger partial charge in [-0.05, 0) is 12.1 Å². The third-order valence-electron chi connectivity index (χ3n) is 2.75. The molecular weight excluding hydrogens is 234 g/mol. The molecule has 0 fully saturated rings. The first-order chi connectivity index (χ1) is 8.73. The molecule has 0 saturated heterocycles. The van der Waals surface area contributed by atoms with Crippen molar-refractivity contribution >= 4 is 16.9 Å². The molecule has 0 saturated carbocycles. The molecule has 0 bridgehead atoms. The van der Waals surface area contributed by atoms with Gasteiger partial charge < -0.3 is 20.6 Å². The number of fused-ring (bicyclic) bond motifs is 1. The van der Waals surface area contributed by atoms with Gasteiger partial charge in [0.1, 0.15) is 11.4 Å². The lowest BCUT2D eigenvalue weighted by Gasteiger charge is -2.29. The number of nitrogens with zero attached hydrogens (tertiary/aromatic N) is 2. The van der Waals surface area contributed by atoms with E-state index in [1.165, 1.54) is 6.20 Å². The van der Waals surface area contributed by atoms with E-state index in [9.17, 15) is 15.3 Å². The Morgan fingerprint density at radius 3 is 2.22 bits per heavy atom. The van der Waals surface area contributed by atoms with Crippen LogP contribution in [0.3, 0.4) is 0 Å². The van der Waals surface area contributed by atoms with Crippen molar-refractivity contribution in [3.63, 3.8) is 0 Å². The molecular formula is C12H15N3O3. The summed E-state index contributed by atoms with van der Waals surface area (Å²) in [6.07, 6.45) is 1.50. The normalized spacial score (nSPS) is 11.7. The second-order valence-corrected chi connectivity index (χ2v) is 4.12. The number of rotatable bonds is 5. The highest BCUT2D eigenvalue weighted by molar-refractivity contribution is 5.75. The minimum atomic E-state index is -1.20. The number of aliphatic hydroxyl groups excluding tert-OH is 3. The predicted octanol–water partition coefficient (Wildman–Crippen LogP) is -0.243. The van der Waals surface area contributed by atoms with E-state index in [1.807, 2.05) is 24.3 Å². The molecule has 4 N–H and O–H groups in total. The van der Waals surface area contributed by atoms with Gasteiger partial charge in [-0.2, -0.15) is 0 Å². The van der Waals surface area contributed by atoms with Crippen LogP contribution >= 0.6 is 0 Å². The maximum absolute atomic E-state index is 9.22. The minimum Gasteiger partial charge on any atom is -0.394 e. The molecule has 0 unspecified atom stereocenters. The van der Waals surface area contributed by atoms with Crippen molar-refractivity contribution in [3.05, 3.63) is 30.5 Å². The first-order valence-corrected chi connectivity index (χ1v) is 5.55. The molecule has 96 valence electrons. The molecule has 1 aromatic heterocycles. The summed E-state index contributed by atoms with van der Waals surface area (Å²) in [5.74, 6) is 0.394. The molecule has 0 spiro atoms. The van der Waals surface area contributed by atoms with Crippen LogP contribution in [0.25, 0.3) is 11.0 Å². The van der Waals surface area contributed by atoms with E-state index in [0.29, 0.717) is 11.3 Å². The molecule has 1 aromatic carbocycles. The summed E-state index contributed by atoms with van der Waals surface area (Å²) in [4.78, 5) is 8.50. The van der Waals surface area contributed by atoms with Gasteiger partial charge >= 0.3 is 0 Å². The number of hydrogen-bond donors (Lipinski definition) is 4. The summed E-state index contributed by atoms with van der Waals surface area (Å²) in [5.41, 5.74) is 0.257. The highest BCUT2D eigenvalue weighted by Crippen LogP contribution is 2.15. The van der Waals surface area contributed by atoms with Gasteiger partial charge in [0.25, 0.3) is 0 Å². The molecule has 0 aliphatic carbocycles. The van der Waals surface area contributed by atoms with Gasteiger partial charge in [0.05, 0.1) is 37.1 Å². The van der Waals surface area contributed by atoms with Crippen molar-refractivity contribution in [2.24, 2.45) is 0 Å². The molecule has 6 heteroatoms. The van der Waals surface area contributed by atoms with Crippen molar-refractivity contribution in [3.8, 4) is 0 Å². The Morgan fingerprint density at radius 2 is 1.61 bits per heavy atom. The van der Waals surface area contributed by atoms with Crippen LogP contribution in [0.5, 0.6) is 0 Å². The Hall–Kier alpha value is -1.76. The molecule has 0 amide bonds. The fourth-order valence-electron chi connectivity index (χ4n) is 1.56. The molecule has 0 aliphatic heterocycles. The van der Waals surface area contributed by atoms with Crippen LogP contribution in [0.4, 0.5) is 5.82 Å². The lowest BCUT2D eigenvalue weighted by atomic mass is 10.0. The third-order valence-corrected chi connectivity index (χ3v) is 2.75. The van der Waals surface area contributed by atoms with Gasteiger partial charge in [-0.15, -0.1) is 0 Å². The molecule has 6 nitrogen and oxygen atoms in total. The first kappa shape index (κ1) is 12.7. The Bertz CT molecular complexity index is 520. The number of aliphatic hydroxyl groups is 3. The number of aromatic nitrogens is 2. The summed E-state index contributed by atoms with van der Waals surface area (Å²) in [6.45, 7) is -1.22. The second kappa shape index (κ2) is 5.26. The van der Waals surface area contributed by atoms with E-state index in [0.717, 1.165) is 5.52 Å². The van der Waals surface area contributed by atoms with Gasteiger partial charge in [0, 0.05) is 0 Å². The maximum Gasteiger partial charge on any atom is 0.145 e. The fourth-order valence-corrected chi connectivity index (χ4v) is 1.56. The van der Waals surface area contributed by atoms with Crippen LogP contribution in [0.15, 0.2) is 30.5 Å². The summed E-state index contributed by atoms with van der Waals surface area (Å²) in [5, 5.41) is 30.5. The highest BCUT2D eigenvalue weighted by Gasteiger charge is 2.28. The highest BCUT2D eigenvalue weighted by atomic mass is 16.3. The zero-order valence-electron chi connectivity index (χ0n) is 9.74. The monoisotopic (exact) mass is 249 g/mol. The van der Waals surface area contributed by atoms with Crippen molar-refractivity contribution in [2.75, 3.05) is 25.1 Å². The molecule has 1 heterocycles. The summed E-state index contributed by atoms with van der Waals surface area (Å²) in [7, 11) is 0. The molecule has 0 radical (unpaired) electrons. The SMILES string of the molecule is OCC(CO)(CO)Nc1cnc2ccccc2n1. The van der Waals surface area contributed by atoms with E-state index in [4.69, 9.17) is 0 Å². The number of hydrogen-bond acceptors (Lipinski definition) is 6. The third kappa shape index (κ3) is 2.40.